The molecule has 9 heteroatoms. The molecule has 0 spiro atoms. The van der Waals surface area contributed by atoms with E-state index in [1.165, 1.54) is 23.0 Å². The quantitative estimate of drug-likeness (QED) is 0.353. The number of rotatable bonds is 4. The number of aromatic nitrogens is 1. The monoisotopic (exact) mass is 524 g/mol. The maximum absolute atomic E-state index is 13.6. The molecule has 0 fully saturated rings. The Morgan fingerprint density at radius 2 is 1.71 bits per heavy atom. The van der Waals surface area contributed by atoms with Crippen molar-refractivity contribution < 1.29 is 13.9 Å². The van der Waals surface area contributed by atoms with Gasteiger partial charge in [0.1, 0.15) is 11.5 Å². The van der Waals surface area contributed by atoms with E-state index in [4.69, 9.17) is 32.4 Å². The summed E-state index contributed by atoms with van der Waals surface area (Å²) in [6.45, 7) is 1.73. The fourth-order valence-electron chi connectivity index (χ4n) is 3.98. The Bertz CT molecular complexity index is 1650. The number of ether oxygens (including phenoxy) is 1. The van der Waals surface area contributed by atoms with Gasteiger partial charge in [0.15, 0.2) is 4.80 Å². The molecule has 0 amide bonds. The molecule has 5 rings (SSSR count). The number of carbonyl (C=O) groups excluding carboxylic acids is 1. The van der Waals surface area contributed by atoms with Gasteiger partial charge in [-0.25, -0.2) is 9.79 Å². The first-order valence-corrected chi connectivity index (χ1v) is 12.1. The van der Waals surface area contributed by atoms with Crippen LogP contribution in [-0.4, -0.2) is 17.6 Å². The molecular formula is C26H18Cl2N2O4S. The Morgan fingerprint density at radius 1 is 1.06 bits per heavy atom. The first-order chi connectivity index (χ1) is 16.9. The van der Waals surface area contributed by atoms with Crippen LogP contribution in [0.1, 0.15) is 24.3 Å². The highest BCUT2D eigenvalue weighted by Gasteiger charge is 2.33. The van der Waals surface area contributed by atoms with Gasteiger partial charge < -0.3 is 9.15 Å². The Balaban J connectivity index is 1.64. The Labute approximate surface area is 214 Å². The maximum Gasteiger partial charge on any atom is 0.338 e. The number of halogens is 2. The SMILES string of the molecule is COC(=O)C1=C(C)N=c2s/c(=C/c3ccc(-c4ccc(Cl)cc4)o3)c(=O)n2[C@@H]1c1ccc(Cl)cc1. The van der Waals surface area contributed by atoms with Crippen molar-refractivity contribution in [3.05, 3.63) is 113 Å². The van der Waals surface area contributed by atoms with Crippen LogP contribution in [0.3, 0.4) is 0 Å². The number of methoxy groups -OCH3 is 1. The zero-order valence-electron chi connectivity index (χ0n) is 18.6. The summed E-state index contributed by atoms with van der Waals surface area (Å²) in [5.41, 5.74) is 2.10. The molecule has 0 bridgehead atoms. The second-order valence-electron chi connectivity index (χ2n) is 7.83. The van der Waals surface area contributed by atoms with Crippen LogP contribution in [0.15, 0.2) is 86.1 Å². The minimum atomic E-state index is -0.695. The average Bonchev–Trinajstić information content (AvgIpc) is 3.43. The molecule has 3 heterocycles. The predicted octanol–water partition coefficient (Wildman–Crippen LogP) is 4.98. The van der Waals surface area contributed by atoms with Gasteiger partial charge in [0.2, 0.25) is 0 Å². The van der Waals surface area contributed by atoms with Crippen LogP contribution >= 0.6 is 34.5 Å². The van der Waals surface area contributed by atoms with Crippen molar-refractivity contribution in [3.8, 4) is 11.3 Å². The normalized spacial score (nSPS) is 15.7. The summed E-state index contributed by atoms with van der Waals surface area (Å²) in [6.07, 6.45) is 1.68. The number of benzene rings is 2. The molecule has 1 aliphatic heterocycles. The van der Waals surface area contributed by atoms with E-state index in [2.05, 4.69) is 4.99 Å². The molecule has 0 aliphatic carbocycles. The fraction of sp³-hybridized carbons (Fsp3) is 0.115. The maximum atomic E-state index is 13.6. The van der Waals surface area contributed by atoms with E-state index in [0.717, 1.165) is 11.1 Å². The number of hydrogen-bond donors (Lipinski definition) is 0. The number of esters is 1. The molecular weight excluding hydrogens is 507 g/mol. The summed E-state index contributed by atoms with van der Waals surface area (Å²) in [5, 5.41) is 1.19. The first-order valence-electron chi connectivity index (χ1n) is 10.6. The van der Waals surface area contributed by atoms with Crippen LogP contribution < -0.4 is 14.9 Å². The smallest absolute Gasteiger partial charge is 0.338 e. The van der Waals surface area contributed by atoms with E-state index >= 15 is 0 Å². The lowest BCUT2D eigenvalue weighted by molar-refractivity contribution is -0.136. The molecule has 0 saturated heterocycles. The molecule has 0 saturated carbocycles. The number of carbonyl (C=O) groups is 1. The van der Waals surface area contributed by atoms with Crippen LogP contribution in [0, 0.1) is 0 Å². The van der Waals surface area contributed by atoms with Gasteiger partial charge >= 0.3 is 5.97 Å². The minimum absolute atomic E-state index is 0.285. The molecule has 0 unspecified atom stereocenters. The number of furan rings is 1. The van der Waals surface area contributed by atoms with E-state index in [1.54, 1.807) is 55.5 Å². The van der Waals surface area contributed by atoms with Gasteiger partial charge in [-0.2, -0.15) is 0 Å². The predicted molar refractivity (Wildman–Crippen MR) is 136 cm³/mol. The standard InChI is InChI=1S/C26H18Cl2N2O4S/c1-14-22(25(32)33-2)23(16-5-9-18(28)10-6-16)30-24(31)21(35-26(30)29-14)13-19-11-12-20(34-19)15-3-7-17(27)8-4-15/h3-13,23H,1-2H3/b21-13+/t23-/m1/s1. The molecule has 2 aromatic heterocycles. The van der Waals surface area contributed by atoms with Gasteiger partial charge in [-0.3, -0.25) is 9.36 Å². The van der Waals surface area contributed by atoms with E-state index in [-0.39, 0.29) is 5.56 Å². The summed E-state index contributed by atoms with van der Waals surface area (Å²) < 4.78 is 12.9. The minimum Gasteiger partial charge on any atom is -0.466 e. The summed E-state index contributed by atoms with van der Waals surface area (Å²) >= 11 is 13.3. The van der Waals surface area contributed by atoms with Gasteiger partial charge in [0, 0.05) is 21.7 Å². The molecule has 0 N–H and O–H groups in total. The number of hydrogen-bond acceptors (Lipinski definition) is 6. The largest absolute Gasteiger partial charge is 0.466 e. The van der Waals surface area contributed by atoms with Crippen LogP contribution in [0.2, 0.25) is 10.0 Å². The van der Waals surface area contributed by atoms with Crippen molar-refractivity contribution in [2.24, 2.45) is 4.99 Å². The van der Waals surface area contributed by atoms with Crippen LogP contribution in [-0.2, 0) is 9.53 Å². The molecule has 2 aromatic carbocycles. The molecule has 4 aromatic rings. The van der Waals surface area contributed by atoms with Crippen molar-refractivity contribution in [2.75, 3.05) is 7.11 Å². The lowest BCUT2D eigenvalue weighted by atomic mass is 9.96. The van der Waals surface area contributed by atoms with Gasteiger partial charge in [0.25, 0.3) is 5.56 Å². The summed E-state index contributed by atoms with van der Waals surface area (Å²) in [7, 11) is 1.31. The van der Waals surface area contributed by atoms with Crippen molar-refractivity contribution in [1.82, 2.24) is 4.57 Å². The van der Waals surface area contributed by atoms with E-state index in [1.807, 2.05) is 18.2 Å². The molecule has 35 heavy (non-hydrogen) atoms. The second kappa shape index (κ2) is 9.34. The first kappa shape index (κ1) is 23.4. The van der Waals surface area contributed by atoms with Crippen LogP contribution in [0.4, 0.5) is 0 Å². The molecule has 176 valence electrons. The Hall–Kier alpha value is -3.39. The summed E-state index contributed by atoms with van der Waals surface area (Å²) in [5.74, 6) is 0.634. The second-order valence-corrected chi connectivity index (χ2v) is 9.72. The number of nitrogens with zero attached hydrogens (tertiary/aromatic N) is 2. The molecule has 0 radical (unpaired) electrons. The molecule has 1 atom stereocenters. The topological polar surface area (TPSA) is 73.8 Å². The highest BCUT2D eigenvalue weighted by Crippen LogP contribution is 2.31. The van der Waals surface area contributed by atoms with E-state index in [0.29, 0.717) is 42.2 Å². The third-order valence-corrected chi connectivity index (χ3v) is 7.13. The number of allylic oxidation sites excluding steroid dienone is 1. The third kappa shape index (κ3) is 4.38. The zero-order chi connectivity index (χ0) is 24.7. The Kier molecular flexibility index (Phi) is 6.23. The third-order valence-electron chi connectivity index (χ3n) is 5.64. The zero-order valence-corrected chi connectivity index (χ0v) is 20.9. The van der Waals surface area contributed by atoms with E-state index in [9.17, 15) is 9.59 Å². The summed E-state index contributed by atoms with van der Waals surface area (Å²) in [6, 6.07) is 17.3. The molecule has 1 aliphatic rings. The van der Waals surface area contributed by atoms with Crippen LogP contribution in [0.5, 0.6) is 0 Å². The molecule has 6 nitrogen and oxygen atoms in total. The van der Waals surface area contributed by atoms with Crippen molar-refractivity contribution >= 4 is 46.6 Å². The lowest BCUT2D eigenvalue weighted by Crippen LogP contribution is -2.39. The van der Waals surface area contributed by atoms with Gasteiger partial charge in [0.05, 0.1) is 29.0 Å². The summed E-state index contributed by atoms with van der Waals surface area (Å²) in [4.78, 5) is 31.3. The van der Waals surface area contributed by atoms with Crippen LogP contribution in [0.25, 0.3) is 17.4 Å². The van der Waals surface area contributed by atoms with Gasteiger partial charge in [-0.05, 0) is 61.0 Å². The number of fused-ring (bicyclic) bond motifs is 1. The fourth-order valence-corrected chi connectivity index (χ4v) is 5.26. The van der Waals surface area contributed by atoms with E-state index < -0.39 is 12.0 Å². The average molecular weight is 525 g/mol. The highest BCUT2D eigenvalue weighted by molar-refractivity contribution is 7.07. The highest BCUT2D eigenvalue weighted by atomic mass is 35.5. The number of thiazole rings is 1. The van der Waals surface area contributed by atoms with Gasteiger partial charge in [-0.1, -0.05) is 46.7 Å². The Morgan fingerprint density at radius 3 is 2.37 bits per heavy atom. The van der Waals surface area contributed by atoms with Crippen molar-refractivity contribution in [1.29, 1.82) is 0 Å². The van der Waals surface area contributed by atoms with Gasteiger partial charge in [-0.15, -0.1) is 0 Å². The van der Waals surface area contributed by atoms with Crippen molar-refractivity contribution in [2.45, 2.75) is 13.0 Å². The van der Waals surface area contributed by atoms with Crippen molar-refractivity contribution in [3.63, 3.8) is 0 Å². The lowest BCUT2D eigenvalue weighted by Gasteiger charge is -2.24.